The lowest BCUT2D eigenvalue weighted by Crippen LogP contribution is -2.13. The van der Waals surface area contributed by atoms with Crippen molar-refractivity contribution < 1.29 is 8.42 Å². The lowest BCUT2D eigenvalue weighted by atomic mass is 10.1. The zero-order valence-electron chi connectivity index (χ0n) is 13.4. The number of nitrogens with zero attached hydrogens (tertiary/aromatic N) is 1. The van der Waals surface area contributed by atoms with Gasteiger partial charge in [0.2, 0.25) is 5.95 Å². The quantitative estimate of drug-likeness (QED) is 0.481. The molecule has 3 aromatic carbocycles. The molecule has 0 radical (unpaired) electrons. The topological polar surface area (TPSA) is 118 Å². The second-order valence-electron chi connectivity index (χ2n) is 5.77. The van der Waals surface area contributed by atoms with Crippen molar-refractivity contribution in [1.29, 1.82) is 0 Å². The maximum Gasteiger partial charge on any atom is 0.261 e. The first-order chi connectivity index (χ1) is 12.4. The Hall–Kier alpha value is -3.39. The summed E-state index contributed by atoms with van der Waals surface area (Å²) in [6, 6.07) is 16.6. The zero-order valence-corrected chi connectivity index (χ0v) is 14.2. The molecule has 0 unspecified atom stereocenters. The van der Waals surface area contributed by atoms with E-state index < -0.39 is 10.0 Å². The molecule has 0 fully saturated rings. The molecule has 4 N–H and O–H groups in total. The molecular formula is C18H14N4O3S. The Morgan fingerprint density at radius 1 is 1.00 bits per heavy atom. The molecular weight excluding hydrogens is 352 g/mol. The minimum absolute atomic E-state index is 0.0304. The third-order valence-electron chi connectivity index (χ3n) is 4.01. The Balaban J connectivity index is 1.88. The van der Waals surface area contributed by atoms with Gasteiger partial charge in [0, 0.05) is 5.69 Å². The SMILES string of the molecule is Nc1nc2ccc3ccc(NS(=O)(=O)c4ccccc4)cc3c2c(=O)[nH]1. The summed E-state index contributed by atoms with van der Waals surface area (Å²) in [5, 5.41) is 1.74. The van der Waals surface area contributed by atoms with E-state index in [1.54, 1.807) is 48.5 Å². The maximum absolute atomic E-state index is 12.5. The summed E-state index contributed by atoms with van der Waals surface area (Å²) < 4.78 is 27.5. The number of hydrogen-bond donors (Lipinski definition) is 3. The summed E-state index contributed by atoms with van der Waals surface area (Å²) in [6.07, 6.45) is 0. The molecule has 8 heteroatoms. The second kappa shape index (κ2) is 5.85. The number of fused-ring (bicyclic) bond motifs is 3. The number of sulfonamides is 1. The molecule has 0 aliphatic heterocycles. The minimum Gasteiger partial charge on any atom is -0.369 e. The first kappa shape index (κ1) is 16.1. The van der Waals surface area contributed by atoms with Gasteiger partial charge >= 0.3 is 0 Å². The van der Waals surface area contributed by atoms with Crippen LogP contribution in [0.4, 0.5) is 11.6 Å². The van der Waals surface area contributed by atoms with Gasteiger partial charge in [0.1, 0.15) is 0 Å². The van der Waals surface area contributed by atoms with Gasteiger partial charge in [-0.25, -0.2) is 13.4 Å². The van der Waals surface area contributed by atoms with Gasteiger partial charge in [-0.2, -0.15) is 0 Å². The van der Waals surface area contributed by atoms with Crippen LogP contribution in [0.5, 0.6) is 0 Å². The molecule has 1 aromatic heterocycles. The molecule has 0 atom stereocenters. The fraction of sp³-hybridized carbons (Fsp3) is 0. The molecule has 7 nitrogen and oxygen atoms in total. The van der Waals surface area contributed by atoms with Crippen molar-refractivity contribution in [2.75, 3.05) is 10.5 Å². The van der Waals surface area contributed by atoms with Crippen LogP contribution in [0.15, 0.2) is 70.4 Å². The van der Waals surface area contributed by atoms with Crippen molar-refractivity contribution in [1.82, 2.24) is 9.97 Å². The molecule has 4 rings (SSSR count). The molecule has 0 aliphatic rings. The Bertz CT molecular complexity index is 1300. The van der Waals surface area contributed by atoms with Crippen molar-refractivity contribution in [3.63, 3.8) is 0 Å². The molecule has 26 heavy (non-hydrogen) atoms. The Morgan fingerprint density at radius 2 is 1.73 bits per heavy atom. The lowest BCUT2D eigenvalue weighted by Gasteiger charge is -2.10. The van der Waals surface area contributed by atoms with Crippen molar-refractivity contribution in [3.05, 3.63) is 71.0 Å². The number of nitrogens with one attached hydrogen (secondary N) is 2. The smallest absolute Gasteiger partial charge is 0.261 e. The van der Waals surface area contributed by atoms with E-state index in [9.17, 15) is 13.2 Å². The van der Waals surface area contributed by atoms with Gasteiger partial charge in [-0.3, -0.25) is 14.5 Å². The van der Waals surface area contributed by atoms with Crippen LogP contribution in [-0.2, 0) is 10.0 Å². The minimum atomic E-state index is -3.72. The predicted octanol–water partition coefficient (Wildman–Crippen LogP) is 2.46. The first-order valence-electron chi connectivity index (χ1n) is 7.74. The Labute approximate surface area is 148 Å². The van der Waals surface area contributed by atoms with Crippen molar-refractivity contribution in [3.8, 4) is 0 Å². The highest BCUT2D eigenvalue weighted by Crippen LogP contribution is 2.26. The highest BCUT2D eigenvalue weighted by Gasteiger charge is 2.14. The van der Waals surface area contributed by atoms with Crippen LogP contribution in [0.2, 0.25) is 0 Å². The third-order valence-corrected chi connectivity index (χ3v) is 5.41. The molecule has 0 spiro atoms. The summed E-state index contributed by atoms with van der Waals surface area (Å²) >= 11 is 0. The van der Waals surface area contributed by atoms with Crippen LogP contribution in [0.1, 0.15) is 0 Å². The van der Waals surface area contributed by atoms with Crippen LogP contribution in [-0.4, -0.2) is 18.4 Å². The normalized spacial score (nSPS) is 11.7. The van der Waals surface area contributed by atoms with Gasteiger partial charge in [0.15, 0.2) is 0 Å². The average molecular weight is 366 g/mol. The number of aromatic nitrogens is 2. The Morgan fingerprint density at radius 3 is 2.50 bits per heavy atom. The molecule has 0 aliphatic carbocycles. The highest BCUT2D eigenvalue weighted by molar-refractivity contribution is 7.92. The molecule has 0 saturated heterocycles. The van der Waals surface area contributed by atoms with E-state index in [2.05, 4.69) is 14.7 Å². The van der Waals surface area contributed by atoms with Crippen LogP contribution in [0.3, 0.4) is 0 Å². The van der Waals surface area contributed by atoms with Crippen LogP contribution in [0, 0.1) is 0 Å². The standard InChI is InChI=1S/C18H14N4O3S/c19-18-20-15-9-7-11-6-8-12(10-14(11)16(15)17(23)21-18)22-26(24,25)13-4-2-1-3-5-13/h1-10,22H,(H3,19,20,21,23). The molecule has 0 saturated carbocycles. The number of rotatable bonds is 3. The number of H-pyrrole nitrogens is 1. The zero-order chi connectivity index (χ0) is 18.3. The molecule has 4 aromatic rings. The number of hydrogen-bond acceptors (Lipinski definition) is 5. The third kappa shape index (κ3) is 2.76. The van der Waals surface area contributed by atoms with Crippen molar-refractivity contribution >= 4 is 43.3 Å². The summed E-state index contributed by atoms with van der Waals surface area (Å²) in [5.41, 5.74) is 6.01. The predicted molar refractivity (Wildman–Crippen MR) is 102 cm³/mol. The molecule has 1 heterocycles. The summed E-state index contributed by atoms with van der Waals surface area (Å²) in [6.45, 7) is 0. The van der Waals surface area contributed by atoms with E-state index in [1.165, 1.54) is 12.1 Å². The number of benzene rings is 3. The van der Waals surface area contributed by atoms with E-state index in [-0.39, 0.29) is 16.4 Å². The average Bonchev–Trinajstić information content (AvgIpc) is 2.61. The van der Waals surface area contributed by atoms with E-state index in [4.69, 9.17) is 5.73 Å². The van der Waals surface area contributed by atoms with Gasteiger partial charge in [0.25, 0.3) is 15.6 Å². The number of anilines is 2. The highest BCUT2D eigenvalue weighted by atomic mass is 32.2. The Kier molecular flexibility index (Phi) is 3.62. The second-order valence-corrected chi connectivity index (χ2v) is 7.45. The first-order valence-corrected chi connectivity index (χ1v) is 9.22. The molecule has 130 valence electrons. The fourth-order valence-corrected chi connectivity index (χ4v) is 3.92. The van der Waals surface area contributed by atoms with Crippen molar-refractivity contribution in [2.45, 2.75) is 4.90 Å². The number of nitrogens with two attached hydrogens (primary N) is 1. The van der Waals surface area contributed by atoms with Crippen LogP contribution >= 0.6 is 0 Å². The van der Waals surface area contributed by atoms with Gasteiger partial charge in [-0.05, 0) is 41.1 Å². The molecule has 0 bridgehead atoms. The van der Waals surface area contributed by atoms with Gasteiger partial charge in [0.05, 0.1) is 15.8 Å². The summed E-state index contributed by atoms with van der Waals surface area (Å²) in [4.78, 5) is 19.1. The van der Waals surface area contributed by atoms with E-state index in [0.717, 1.165) is 5.39 Å². The number of aromatic amines is 1. The lowest BCUT2D eigenvalue weighted by molar-refractivity contribution is 0.601. The van der Waals surface area contributed by atoms with Crippen molar-refractivity contribution in [2.24, 2.45) is 0 Å². The number of nitrogen functional groups attached to an aromatic ring is 1. The maximum atomic E-state index is 12.5. The van der Waals surface area contributed by atoms with Gasteiger partial charge < -0.3 is 5.73 Å². The monoisotopic (exact) mass is 366 g/mol. The largest absolute Gasteiger partial charge is 0.369 e. The fourth-order valence-electron chi connectivity index (χ4n) is 2.85. The van der Waals surface area contributed by atoms with Gasteiger partial charge in [-0.1, -0.05) is 30.3 Å². The molecule has 0 amide bonds. The summed E-state index contributed by atoms with van der Waals surface area (Å²) in [7, 11) is -3.72. The summed E-state index contributed by atoms with van der Waals surface area (Å²) in [5.74, 6) is 0.0304. The van der Waals surface area contributed by atoms with Crippen LogP contribution < -0.4 is 16.0 Å². The van der Waals surface area contributed by atoms with E-state index in [1.807, 2.05) is 0 Å². The van der Waals surface area contributed by atoms with Crippen LogP contribution in [0.25, 0.3) is 21.7 Å². The van der Waals surface area contributed by atoms with E-state index in [0.29, 0.717) is 22.0 Å². The van der Waals surface area contributed by atoms with E-state index >= 15 is 0 Å². The van der Waals surface area contributed by atoms with Gasteiger partial charge in [-0.15, -0.1) is 0 Å².